The van der Waals surface area contributed by atoms with E-state index in [1.54, 1.807) is 22.5 Å². The highest BCUT2D eigenvalue weighted by atomic mass is 32.2. The number of hydrogen-bond acceptors (Lipinski definition) is 5. The summed E-state index contributed by atoms with van der Waals surface area (Å²) in [7, 11) is -3.54. The van der Waals surface area contributed by atoms with Gasteiger partial charge in [0, 0.05) is 29.9 Å². The average Bonchev–Trinajstić information content (AvgIpc) is 3.25. The Balaban J connectivity index is 1.46. The summed E-state index contributed by atoms with van der Waals surface area (Å²) in [5.74, 6) is 0.0685. The van der Waals surface area contributed by atoms with Crippen LogP contribution in [0.5, 0.6) is 0 Å². The molecule has 2 aromatic carbocycles. The smallest absolute Gasteiger partial charge is 0.277 e. The second-order valence-electron chi connectivity index (χ2n) is 7.38. The first-order valence-electron chi connectivity index (χ1n) is 9.90. The number of piperidine rings is 1. The number of carbonyl (C=O) groups excluding carboxylic acids is 1. The van der Waals surface area contributed by atoms with Gasteiger partial charge in [-0.05, 0) is 44.0 Å². The molecule has 1 saturated heterocycles. The molecule has 1 atom stereocenters. The molecule has 1 fully saturated rings. The Morgan fingerprint density at radius 2 is 1.83 bits per heavy atom. The number of aromatic nitrogens is 1. The fourth-order valence-corrected chi connectivity index (χ4v) is 5.29. The van der Waals surface area contributed by atoms with Crippen LogP contribution in [-0.4, -0.2) is 36.4 Å². The third kappa shape index (κ3) is 4.15. The second kappa shape index (κ2) is 8.41. The fraction of sp³-hybridized carbons (Fsp3) is 0.273. The van der Waals surface area contributed by atoms with Gasteiger partial charge in [-0.3, -0.25) is 4.79 Å². The number of benzene rings is 2. The highest BCUT2D eigenvalue weighted by molar-refractivity contribution is 7.89. The van der Waals surface area contributed by atoms with Crippen molar-refractivity contribution in [1.82, 2.24) is 9.46 Å². The number of nitrogens with zero attached hydrogens (tertiary/aromatic N) is 2. The molecule has 3 aromatic rings. The van der Waals surface area contributed by atoms with Gasteiger partial charge in [0.15, 0.2) is 11.5 Å². The standard InChI is InChI=1S/C22H23N3O4S/c1-16-7-5-6-14-25(16)30(27,28)19-12-10-18(11-13-19)23-22(26)20-15-21(29-24-20)17-8-3-2-4-9-17/h2-4,8-13,15-16H,5-7,14H2,1H3,(H,23,26)/t16-/m1/s1. The zero-order chi connectivity index (χ0) is 21.1. The van der Waals surface area contributed by atoms with Gasteiger partial charge in [-0.2, -0.15) is 4.31 Å². The van der Waals surface area contributed by atoms with Crippen molar-refractivity contribution in [2.45, 2.75) is 37.1 Å². The molecular weight excluding hydrogens is 402 g/mol. The van der Waals surface area contributed by atoms with E-state index in [9.17, 15) is 13.2 Å². The van der Waals surface area contributed by atoms with Crippen molar-refractivity contribution in [3.05, 3.63) is 66.4 Å². The Morgan fingerprint density at radius 3 is 2.53 bits per heavy atom. The fourth-order valence-electron chi connectivity index (χ4n) is 3.59. The van der Waals surface area contributed by atoms with E-state index in [0.29, 0.717) is 18.0 Å². The Morgan fingerprint density at radius 1 is 1.10 bits per heavy atom. The molecule has 1 N–H and O–H groups in total. The molecule has 0 bridgehead atoms. The van der Waals surface area contributed by atoms with Crippen LogP contribution in [0, 0.1) is 0 Å². The Hall–Kier alpha value is -2.97. The van der Waals surface area contributed by atoms with Crippen molar-refractivity contribution in [1.29, 1.82) is 0 Å². The first-order chi connectivity index (χ1) is 14.4. The zero-order valence-corrected chi connectivity index (χ0v) is 17.4. The van der Waals surface area contributed by atoms with Crippen LogP contribution in [0.25, 0.3) is 11.3 Å². The van der Waals surface area contributed by atoms with E-state index in [1.165, 1.54) is 12.1 Å². The maximum absolute atomic E-state index is 12.9. The molecule has 1 aliphatic heterocycles. The molecule has 0 radical (unpaired) electrons. The maximum Gasteiger partial charge on any atom is 0.277 e. The van der Waals surface area contributed by atoms with Crippen LogP contribution in [0.3, 0.4) is 0 Å². The summed E-state index contributed by atoms with van der Waals surface area (Å²) in [6.07, 6.45) is 2.79. The number of nitrogens with one attached hydrogen (secondary N) is 1. The van der Waals surface area contributed by atoms with Gasteiger partial charge in [-0.25, -0.2) is 8.42 Å². The van der Waals surface area contributed by atoms with Gasteiger partial charge in [-0.15, -0.1) is 0 Å². The first kappa shape index (κ1) is 20.3. The third-order valence-corrected chi connectivity index (χ3v) is 7.29. The van der Waals surface area contributed by atoms with E-state index in [1.807, 2.05) is 37.3 Å². The highest BCUT2D eigenvalue weighted by Gasteiger charge is 2.30. The first-order valence-corrected chi connectivity index (χ1v) is 11.3. The van der Waals surface area contributed by atoms with Crippen molar-refractivity contribution in [2.75, 3.05) is 11.9 Å². The van der Waals surface area contributed by atoms with Crippen LogP contribution in [0.4, 0.5) is 5.69 Å². The van der Waals surface area contributed by atoms with Crippen LogP contribution < -0.4 is 5.32 Å². The average molecular weight is 426 g/mol. The Labute approximate surface area is 175 Å². The quantitative estimate of drug-likeness (QED) is 0.663. The molecule has 2 heterocycles. The van der Waals surface area contributed by atoms with Crippen molar-refractivity contribution < 1.29 is 17.7 Å². The number of anilines is 1. The molecule has 0 aliphatic carbocycles. The number of carbonyl (C=O) groups is 1. The second-order valence-corrected chi connectivity index (χ2v) is 9.27. The lowest BCUT2D eigenvalue weighted by molar-refractivity contribution is 0.101. The molecule has 30 heavy (non-hydrogen) atoms. The predicted molar refractivity (Wildman–Crippen MR) is 114 cm³/mol. The summed E-state index contributed by atoms with van der Waals surface area (Å²) in [5, 5.41) is 6.55. The summed E-state index contributed by atoms with van der Waals surface area (Å²) >= 11 is 0. The molecule has 156 valence electrons. The van der Waals surface area contributed by atoms with Crippen LogP contribution in [0.1, 0.15) is 36.7 Å². The minimum Gasteiger partial charge on any atom is -0.355 e. The largest absolute Gasteiger partial charge is 0.355 e. The predicted octanol–water partition coefficient (Wildman–Crippen LogP) is 4.16. The SMILES string of the molecule is C[C@@H]1CCCCN1S(=O)(=O)c1ccc(NC(=O)c2cc(-c3ccccc3)on2)cc1. The molecule has 1 aromatic heterocycles. The molecule has 0 spiro atoms. The molecule has 0 saturated carbocycles. The van der Waals surface area contributed by atoms with Gasteiger partial charge in [0.25, 0.3) is 5.91 Å². The van der Waals surface area contributed by atoms with Crippen LogP contribution in [0.2, 0.25) is 0 Å². The lowest BCUT2D eigenvalue weighted by Gasteiger charge is -2.32. The summed E-state index contributed by atoms with van der Waals surface area (Å²) in [6, 6.07) is 17.1. The van der Waals surface area contributed by atoms with E-state index < -0.39 is 15.9 Å². The zero-order valence-electron chi connectivity index (χ0n) is 16.6. The van der Waals surface area contributed by atoms with Gasteiger partial charge in [0.1, 0.15) is 0 Å². The van der Waals surface area contributed by atoms with Crippen molar-refractivity contribution in [3.63, 3.8) is 0 Å². The lowest BCUT2D eigenvalue weighted by atomic mass is 10.1. The number of amides is 1. The topological polar surface area (TPSA) is 92.5 Å². The normalized spacial score (nSPS) is 17.6. The van der Waals surface area contributed by atoms with Gasteiger partial charge in [0.05, 0.1) is 4.90 Å². The molecule has 1 aliphatic rings. The minimum atomic E-state index is -3.54. The van der Waals surface area contributed by atoms with E-state index in [0.717, 1.165) is 24.8 Å². The van der Waals surface area contributed by atoms with Crippen molar-refractivity contribution in [2.24, 2.45) is 0 Å². The van der Waals surface area contributed by atoms with Gasteiger partial charge in [-0.1, -0.05) is 41.9 Å². The molecule has 8 heteroatoms. The lowest BCUT2D eigenvalue weighted by Crippen LogP contribution is -2.41. The van der Waals surface area contributed by atoms with E-state index in [2.05, 4.69) is 10.5 Å². The van der Waals surface area contributed by atoms with Gasteiger partial charge >= 0.3 is 0 Å². The summed E-state index contributed by atoms with van der Waals surface area (Å²) in [4.78, 5) is 12.7. The van der Waals surface area contributed by atoms with Crippen molar-refractivity contribution in [3.8, 4) is 11.3 Å². The van der Waals surface area contributed by atoms with Crippen LogP contribution in [-0.2, 0) is 10.0 Å². The van der Waals surface area contributed by atoms with E-state index >= 15 is 0 Å². The summed E-state index contributed by atoms with van der Waals surface area (Å²) < 4.78 is 32.6. The highest BCUT2D eigenvalue weighted by Crippen LogP contribution is 2.26. The Kier molecular flexibility index (Phi) is 5.69. The van der Waals surface area contributed by atoms with Crippen LogP contribution in [0.15, 0.2) is 70.1 Å². The molecule has 0 unspecified atom stereocenters. The Bertz CT molecular complexity index is 1120. The molecular formula is C22H23N3O4S. The summed E-state index contributed by atoms with van der Waals surface area (Å²) in [6.45, 7) is 2.48. The summed E-state index contributed by atoms with van der Waals surface area (Å²) in [5.41, 5.74) is 1.45. The number of rotatable bonds is 5. The monoisotopic (exact) mass is 425 g/mol. The van der Waals surface area contributed by atoms with Gasteiger partial charge < -0.3 is 9.84 Å². The van der Waals surface area contributed by atoms with E-state index in [-0.39, 0.29) is 16.6 Å². The van der Waals surface area contributed by atoms with Gasteiger partial charge in [0.2, 0.25) is 10.0 Å². The molecule has 7 nitrogen and oxygen atoms in total. The van der Waals surface area contributed by atoms with E-state index in [4.69, 9.17) is 4.52 Å². The molecule has 1 amide bonds. The minimum absolute atomic E-state index is 0.00546. The molecule has 4 rings (SSSR count). The number of sulfonamides is 1. The number of hydrogen-bond donors (Lipinski definition) is 1. The van der Waals surface area contributed by atoms with Crippen molar-refractivity contribution >= 4 is 21.6 Å². The van der Waals surface area contributed by atoms with Crippen LogP contribution >= 0.6 is 0 Å². The maximum atomic E-state index is 12.9. The third-order valence-electron chi connectivity index (χ3n) is 5.26.